The molecule has 0 spiro atoms. The van der Waals surface area contributed by atoms with E-state index in [0.717, 1.165) is 5.88 Å². The first-order chi connectivity index (χ1) is 11.2. The van der Waals surface area contributed by atoms with Crippen LogP contribution in [0.25, 0.3) is 0 Å². The van der Waals surface area contributed by atoms with Crippen molar-refractivity contribution in [2.75, 3.05) is 5.75 Å². The van der Waals surface area contributed by atoms with Gasteiger partial charge in [-0.15, -0.1) is 0 Å². The highest BCUT2D eigenvalue weighted by atomic mass is 32.2. The Bertz CT molecular complexity index is 420. The summed E-state index contributed by atoms with van der Waals surface area (Å²) in [5, 5.41) is 0. The van der Waals surface area contributed by atoms with E-state index in [9.17, 15) is 4.79 Å². The molecular weight excluding hydrogens is 304 g/mol. The number of nitrogens with two attached hydrogens (primary N) is 1. The normalized spacial score (nSPS) is 10.8. The molecule has 1 amide bonds. The molecule has 1 aromatic rings. The number of aromatic nitrogens is 1. The Morgan fingerprint density at radius 3 is 2.00 bits per heavy atom. The summed E-state index contributed by atoms with van der Waals surface area (Å²) < 4.78 is 2.09. The van der Waals surface area contributed by atoms with Gasteiger partial charge in [0.05, 0.1) is 5.56 Å². The average Bonchev–Trinajstić information content (AvgIpc) is 2.56. The van der Waals surface area contributed by atoms with E-state index in [1.807, 2.05) is 24.2 Å². The predicted molar refractivity (Wildman–Crippen MR) is 99.5 cm³/mol. The number of amides is 1. The van der Waals surface area contributed by atoms with Gasteiger partial charge in [0, 0.05) is 12.1 Å². The fourth-order valence-electron chi connectivity index (χ4n) is 2.57. The number of pyridine rings is 1. The van der Waals surface area contributed by atoms with Crippen molar-refractivity contribution < 1.29 is 9.36 Å². The maximum Gasteiger partial charge on any atom is 0.249 e. The summed E-state index contributed by atoms with van der Waals surface area (Å²) in [6.07, 6.45) is 17.7. The fraction of sp³-hybridized carbons (Fsp3) is 0.684. The van der Waals surface area contributed by atoms with Crippen molar-refractivity contribution in [1.29, 1.82) is 0 Å². The summed E-state index contributed by atoms with van der Waals surface area (Å²) in [4.78, 5) is 11.0. The van der Waals surface area contributed by atoms with Crippen LogP contribution < -0.4 is 10.3 Å². The minimum atomic E-state index is -0.366. The second kappa shape index (κ2) is 13.4. The van der Waals surface area contributed by atoms with Gasteiger partial charge in [-0.05, 0) is 12.2 Å². The Labute approximate surface area is 146 Å². The van der Waals surface area contributed by atoms with Crippen LogP contribution >= 0.6 is 11.8 Å². The molecule has 0 aliphatic rings. The Balaban J connectivity index is 1.90. The summed E-state index contributed by atoms with van der Waals surface area (Å²) in [5.74, 6) is 1.78. The first-order valence-corrected chi connectivity index (χ1v) is 10.3. The van der Waals surface area contributed by atoms with Gasteiger partial charge in [0.1, 0.15) is 0 Å². The standard InChI is InChI=1S/C19H32N2OS/c1-2-3-4-5-6-7-8-9-10-11-16-23-17-21-14-12-18(13-15-21)19(20)22/h12-15H,2-11,16-17H2,1H3,(H-,20,22)/p+1. The van der Waals surface area contributed by atoms with E-state index in [0.29, 0.717) is 5.56 Å². The van der Waals surface area contributed by atoms with Gasteiger partial charge in [0.2, 0.25) is 5.91 Å². The lowest BCUT2D eigenvalue weighted by Crippen LogP contribution is -2.31. The molecule has 0 unspecified atom stereocenters. The highest BCUT2D eigenvalue weighted by molar-refractivity contribution is 7.98. The third-order valence-electron chi connectivity index (χ3n) is 4.06. The second-order valence-corrected chi connectivity index (χ2v) is 7.26. The van der Waals surface area contributed by atoms with Crippen molar-refractivity contribution in [2.45, 2.75) is 77.0 Å². The molecule has 0 radical (unpaired) electrons. The lowest BCUT2D eigenvalue weighted by molar-refractivity contribution is -0.675. The average molecular weight is 338 g/mol. The van der Waals surface area contributed by atoms with Gasteiger partial charge >= 0.3 is 0 Å². The van der Waals surface area contributed by atoms with Crippen LogP contribution in [0.5, 0.6) is 0 Å². The number of nitrogens with zero attached hydrogens (tertiary/aromatic N) is 1. The zero-order valence-electron chi connectivity index (χ0n) is 14.6. The highest BCUT2D eigenvalue weighted by Gasteiger charge is 2.04. The van der Waals surface area contributed by atoms with E-state index in [-0.39, 0.29) is 5.91 Å². The van der Waals surface area contributed by atoms with Crippen LogP contribution in [0.3, 0.4) is 0 Å². The first kappa shape index (κ1) is 20.0. The molecule has 0 aliphatic heterocycles. The van der Waals surface area contributed by atoms with Gasteiger partial charge in [-0.3, -0.25) is 4.79 Å². The molecule has 130 valence electrons. The van der Waals surface area contributed by atoms with Crippen molar-refractivity contribution in [1.82, 2.24) is 0 Å². The Morgan fingerprint density at radius 2 is 1.48 bits per heavy atom. The number of hydrogen-bond acceptors (Lipinski definition) is 2. The van der Waals surface area contributed by atoms with Gasteiger partial charge in [-0.1, -0.05) is 76.5 Å². The Kier molecular flexibility index (Phi) is 11.7. The van der Waals surface area contributed by atoms with Crippen molar-refractivity contribution in [2.24, 2.45) is 5.73 Å². The molecule has 1 heterocycles. The molecule has 0 saturated carbocycles. The zero-order chi connectivity index (χ0) is 16.8. The summed E-state index contributed by atoms with van der Waals surface area (Å²) >= 11 is 1.94. The van der Waals surface area contributed by atoms with Crippen molar-refractivity contribution >= 4 is 17.7 Å². The number of primary amides is 1. The molecule has 23 heavy (non-hydrogen) atoms. The number of carbonyl (C=O) groups is 1. The smallest absolute Gasteiger partial charge is 0.249 e. The molecular formula is C19H33N2OS+. The first-order valence-electron chi connectivity index (χ1n) is 9.10. The maximum absolute atomic E-state index is 11.0. The van der Waals surface area contributed by atoms with Crippen LogP contribution in [-0.2, 0) is 5.88 Å². The SMILES string of the molecule is CCCCCCCCCCCCSC[n+]1ccc(C(N)=O)cc1. The summed E-state index contributed by atoms with van der Waals surface area (Å²) in [7, 11) is 0. The molecule has 0 atom stereocenters. The van der Waals surface area contributed by atoms with Gasteiger partial charge < -0.3 is 5.73 Å². The Morgan fingerprint density at radius 1 is 0.957 bits per heavy atom. The molecule has 3 nitrogen and oxygen atoms in total. The van der Waals surface area contributed by atoms with Crippen LogP contribution in [0, 0.1) is 0 Å². The maximum atomic E-state index is 11.0. The van der Waals surface area contributed by atoms with Crippen molar-refractivity contribution in [3.63, 3.8) is 0 Å². The third-order valence-corrected chi connectivity index (χ3v) is 5.12. The van der Waals surface area contributed by atoms with E-state index in [1.165, 1.54) is 70.0 Å². The van der Waals surface area contributed by atoms with E-state index >= 15 is 0 Å². The summed E-state index contributed by atoms with van der Waals surface area (Å²) in [6.45, 7) is 2.27. The van der Waals surface area contributed by atoms with Crippen molar-refractivity contribution in [3.8, 4) is 0 Å². The number of unbranched alkanes of at least 4 members (excludes halogenated alkanes) is 9. The zero-order valence-corrected chi connectivity index (χ0v) is 15.5. The van der Waals surface area contributed by atoms with Crippen LogP contribution in [0.2, 0.25) is 0 Å². The van der Waals surface area contributed by atoms with Crippen LogP contribution in [-0.4, -0.2) is 11.7 Å². The minimum Gasteiger partial charge on any atom is -0.366 e. The number of hydrogen-bond donors (Lipinski definition) is 1. The number of thioether (sulfide) groups is 1. The minimum absolute atomic E-state index is 0.366. The van der Waals surface area contributed by atoms with Crippen LogP contribution in [0.15, 0.2) is 24.5 Å². The summed E-state index contributed by atoms with van der Waals surface area (Å²) in [6, 6.07) is 3.56. The molecule has 0 aromatic carbocycles. The third kappa shape index (κ3) is 10.4. The largest absolute Gasteiger partial charge is 0.366 e. The van der Waals surface area contributed by atoms with Crippen molar-refractivity contribution in [3.05, 3.63) is 30.1 Å². The monoisotopic (exact) mass is 337 g/mol. The molecule has 0 bridgehead atoms. The fourth-order valence-corrected chi connectivity index (χ4v) is 3.49. The quantitative estimate of drug-likeness (QED) is 0.395. The molecule has 1 rings (SSSR count). The van der Waals surface area contributed by atoms with Gasteiger partial charge in [-0.25, -0.2) is 0 Å². The lowest BCUT2D eigenvalue weighted by atomic mass is 10.1. The highest BCUT2D eigenvalue weighted by Crippen LogP contribution is 2.12. The van der Waals surface area contributed by atoms with Gasteiger partial charge in [-0.2, -0.15) is 4.57 Å². The van der Waals surface area contributed by atoms with Crippen LogP contribution in [0.4, 0.5) is 0 Å². The predicted octanol–water partition coefficient (Wildman–Crippen LogP) is 4.68. The number of carbonyl (C=O) groups excluding carboxylic acids is 1. The van der Waals surface area contributed by atoms with E-state index < -0.39 is 0 Å². The molecule has 0 fully saturated rings. The molecule has 4 heteroatoms. The lowest BCUT2D eigenvalue weighted by Gasteiger charge is -2.02. The van der Waals surface area contributed by atoms with Crippen LogP contribution in [0.1, 0.15) is 81.5 Å². The Hall–Kier alpha value is -1.03. The van der Waals surface area contributed by atoms with E-state index in [4.69, 9.17) is 5.73 Å². The van der Waals surface area contributed by atoms with E-state index in [1.54, 1.807) is 12.1 Å². The molecule has 0 aliphatic carbocycles. The summed E-state index contributed by atoms with van der Waals surface area (Å²) in [5.41, 5.74) is 5.80. The molecule has 0 saturated heterocycles. The topological polar surface area (TPSA) is 47.0 Å². The second-order valence-electron chi connectivity index (χ2n) is 6.18. The van der Waals surface area contributed by atoms with E-state index in [2.05, 4.69) is 11.5 Å². The number of rotatable bonds is 14. The van der Waals surface area contributed by atoms with Gasteiger partial charge in [0.15, 0.2) is 18.3 Å². The molecule has 2 N–H and O–H groups in total. The molecule has 1 aromatic heterocycles. The van der Waals surface area contributed by atoms with Gasteiger partial charge in [0.25, 0.3) is 0 Å².